The molecule has 3 aromatic carbocycles. The molecule has 1 unspecified atom stereocenters. The molecule has 0 aliphatic rings. The minimum atomic E-state index is -0.572. The van der Waals surface area contributed by atoms with E-state index in [1.165, 1.54) is 0 Å². The van der Waals surface area contributed by atoms with E-state index in [0.29, 0.717) is 19.0 Å². The van der Waals surface area contributed by atoms with Crippen LogP contribution in [0.5, 0.6) is 5.75 Å². The molecular formula is C27H31NO2. The zero-order valence-electron chi connectivity index (χ0n) is 18.3. The standard InChI is InChI=1S/C27H31NO2/c1-20(2)25-16-15-21(3)17-26(25)30-22(4)27(29)28(18-23-11-7-5-8-12-23)19-24-13-9-6-10-14-24/h5-17,20,22H,18-19H2,1-4H3. The van der Waals surface area contributed by atoms with Crippen molar-refractivity contribution in [3.63, 3.8) is 0 Å². The summed E-state index contributed by atoms with van der Waals surface area (Å²) in [6, 6.07) is 26.4. The third kappa shape index (κ3) is 5.73. The molecule has 0 fully saturated rings. The molecule has 0 spiro atoms. The SMILES string of the molecule is Cc1ccc(C(C)C)c(OC(C)C(=O)N(Cc2ccccc2)Cc2ccccc2)c1. The first kappa shape index (κ1) is 21.6. The normalized spacial score (nSPS) is 11.9. The lowest BCUT2D eigenvalue weighted by atomic mass is 10.0. The summed E-state index contributed by atoms with van der Waals surface area (Å²) in [7, 11) is 0. The fourth-order valence-electron chi connectivity index (χ4n) is 3.54. The Morgan fingerprint density at radius 2 is 1.37 bits per heavy atom. The second kappa shape index (κ2) is 10.1. The lowest BCUT2D eigenvalue weighted by molar-refractivity contribution is -0.139. The first-order chi connectivity index (χ1) is 14.4. The third-order valence-electron chi connectivity index (χ3n) is 5.19. The minimum Gasteiger partial charge on any atom is -0.481 e. The van der Waals surface area contributed by atoms with Crippen molar-refractivity contribution in [1.82, 2.24) is 4.90 Å². The van der Waals surface area contributed by atoms with Gasteiger partial charge in [-0.15, -0.1) is 0 Å². The highest BCUT2D eigenvalue weighted by atomic mass is 16.5. The molecule has 0 heterocycles. The Kier molecular flexibility index (Phi) is 7.29. The highest BCUT2D eigenvalue weighted by Crippen LogP contribution is 2.28. The lowest BCUT2D eigenvalue weighted by Gasteiger charge is -2.27. The van der Waals surface area contributed by atoms with Crippen LogP contribution < -0.4 is 4.74 Å². The van der Waals surface area contributed by atoms with Gasteiger partial charge in [0.15, 0.2) is 6.10 Å². The second-order valence-electron chi connectivity index (χ2n) is 8.12. The topological polar surface area (TPSA) is 29.5 Å². The molecule has 30 heavy (non-hydrogen) atoms. The fourth-order valence-corrected chi connectivity index (χ4v) is 3.54. The van der Waals surface area contributed by atoms with E-state index >= 15 is 0 Å². The van der Waals surface area contributed by atoms with Gasteiger partial charge in [0.2, 0.25) is 0 Å². The van der Waals surface area contributed by atoms with Crippen LogP contribution >= 0.6 is 0 Å². The number of hydrogen-bond donors (Lipinski definition) is 0. The van der Waals surface area contributed by atoms with Crippen LogP contribution in [-0.4, -0.2) is 16.9 Å². The van der Waals surface area contributed by atoms with Crippen molar-refractivity contribution in [3.8, 4) is 5.75 Å². The van der Waals surface area contributed by atoms with Crippen LogP contribution in [0.2, 0.25) is 0 Å². The summed E-state index contributed by atoms with van der Waals surface area (Å²) in [4.78, 5) is 15.3. The predicted octanol–water partition coefficient (Wildman–Crippen LogP) is 6.11. The van der Waals surface area contributed by atoms with Gasteiger partial charge in [0.05, 0.1) is 0 Å². The smallest absolute Gasteiger partial charge is 0.263 e. The maximum Gasteiger partial charge on any atom is 0.263 e. The molecule has 0 bridgehead atoms. The molecule has 3 aromatic rings. The van der Waals surface area contributed by atoms with Crippen LogP contribution in [0.1, 0.15) is 48.9 Å². The summed E-state index contributed by atoms with van der Waals surface area (Å²) < 4.78 is 6.21. The number of carbonyl (C=O) groups excluding carboxylic acids is 1. The van der Waals surface area contributed by atoms with Crippen molar-refractivity contribution in [2.45, 2.75) is 52.8 Å². The molecule has 0 N–H and O–H groups in total. The lowest BCUT2D eigenvalue weighted by Crippen LogP contribution is -2.39. The van der Waals surface area contributed by atoms with Gasteiger partial charge in [-0.3, -0.25) is 4.79 Å². The van der Waals surface area contributed by atoms with Crippen molar-refractivity contribution in [1.29, 1.82) is 0 Å². The number of amides is 1. The zero-order chi connectivity index (χ0) is 21.5. The molecule has 3 heteroatoms. The Bertz CT molecular complexity index is 910. The summed E-state index contributed by atoms with van der Waals surface area (Å²) in [5, 5.41) is 0. The Hall–Kier alpha value is -3.07. The summed E-state index contributed by atoms with van der Waals surface area (Å²) in [6.45, 7) is 9.26. The number of nitrogens with zero attached hydrogens (tertiary/aromatic N) is 1. The maximum absolute atomic E-state index is 13.4. The molecule has 1 amide bonds. The van der Waals surface area contributed by atoms with E-state index in [1.807, 2.05) is 85.5 Å². The van der Waals surface area contributed by atoms with Gasteiger partial charge in [-0.1, -0.05) is 86.6 Å². The van der Waals surface area contributed by atoms with E-state index in [0.717, 1.165) is 28.0 Å². The first-order valence-corrected chi connectivity index (χ1v) is 10.6. The van der Waals surface area contributed by atoms with Gasteiger partial charge in [0, 0.05) is 13.1 Å². The molecule has 0 radical (unpaired) electrons. The van der Waals surface area contributed by atoms with Gasteiger partial charge < -0.3 is 9.64 Å². The minimum absolute atomic E-state index is 0.0149. The summed E-state index contributed by atoms with van der Waals surface area (Å²) in [5.74, 6) is 1.11. The van der Waals surface area contributed by atoms with Crippen LogP contribution in [0, 0.1) is 6.92 Å². The van der Waals surface area contributed by atoms with Crippen LogP contribution in [-0.2, 0) is 17.9 Å². The number of rotatable bonds is 8. The fraction of sp³-hybridized carbons (Fsp3) is 0.296. The van der Waals surface area contributed by atoms with Gasteiger partial charge in [0.25, 0.3) is 5.91 Å². The monoisotopic (exact) mass is 401 g/mol. The quantitative estimate of drug-likeness (QED) is 0.455. The molecule has 3 nitrogen and oxygen atoms in total. The van der Waals surface area contributed by atoms with Crippen molar-refractivity contribution < 1.29 is 9.53 Å². The number of aryl methyl sites for hydroxylation is 1. The Morgan fingerprint density at radius 3 is 1.87 bits per heavy atom. The highest BCUT2D eigenvalue weighted by Gasteiger charge is 2.24. The van der Waals surface area contributed by atoms with Crippen molar-refractivity contribution in [3.05, 3.63) is 101 Å². The van der Waals surface area contributed by atoms with Gasteiger partial charge in [-0.25, -0.2) is 0 Å². The molecule has 3 rings (SSSR count). The maximum atomic E-state index is 13.4. The van der Waals surface area contributed by atoms with Crippen LogP contribution in [0.3, 0.4) is 0 Å². The number of benzene rings is 3. The molecule has 0 aliphatic heterocycles. The highest BCUT2D eigenvalue weighted by molar-refractivity contribution is 5.81. The Morgan fingerprint density at radius 1 is 0.833 bits per heavy atom. The Balaban J connectivity index is 1.82. The van der Waals surface area contributed by atoms with Crippen LogP contribution in [0.15, 0.2) is 78.9 Å². The average Bonchev–Trinajstić information content (AvgIpc) is 2.74. The Labute approximate surface area is 180 Å². The molecule has 0 saturated carbocycles. The summed E-state index contributed by atoms with van der Waals surface area (Å²) >= 11 is 0. The summed E-state index contributed by atoms with van der Waals surface area (Å²) in [5.41, 5.74) is 4.46. The summed E-state index contributed by atoms with van der Waals surface area (Å²) in [6.07, 6.45) is -0.572. The third-order valence-corrected chi connectivity index (χ3v) is 5.19. The van der Waals surface area contributed by atoms with E-state index in [1.54, 1.807) is 0 Å². The molecule has 0 aliphatic carbocycles. The van der Waals surface area contributed by atoms with Crippen molar-refractivity contribution in [2.24, 2.45) is 0 Å². The average molecular weight is 402 g/mol. The molecule has 0 saturated heterocycles. The molecule has 0 aromatic heterocycles. The van der Waals surface area contributed by atoms with Crippen molar-refractivity contribution >= 4 is 5.91 Å². The number of ether oxygens (including phenoxy) is 1. The number of carbonyl (C=O) groups is 1. The van der Waals surface area contributed by atoms with Crippen molar-refractivity contribution in [2.75, 3.05) is 0 Å². The molecular weight excluding hydrogens is 370 g/mol. The number of hydrogen-bond acceptors (Lipinski definition) is 2. The molecule has 1 atom stereocenters. The van der Waals surface area contributed by atoms with E-state index in [2.05, 4.69) is 26.0 Å². The van der Waals surface area contributed by atoms with E-state index in [-0.39, 0.29) is 5.91 Å². The largest absolute Gasteiger partial charge is 0.481 e. The predicted molar refractivity (Wildman–Crippen MR) is 122 cm³/mol. The molecule has 156 valence electrons. The zero-order valence-corrected chi connectivity index (χ0v) is 18.3. The first-order valence-electron chi connectivity index (χ1n) is 10.6. The van der Waals surface area contributed by atoms with Crippen LogP contribution in [0.4, 0.5) is 0 Å². The van der Waals surface area contributed by atoms with E-state index < -0.39 is 6.10 Å². The van der Waals surface area contributed by atoms with E-state index in [9.17, 15) is 4.79 Å². The van der Waals surface area contributed by atoms with Gasteiger partial charge >= 0.3 is 0 Å². The van der Waals surface area contributed by atoms with E-state index in [4.69, 9.17) is 4.74 Å². The van der Waals surface area contributed by atoms with Gasteiger partial charge in [-0.2, -0.15) is 0 Å². The van der Waals surface area contributed by atoms with Gasteiger partial charge in [0.1, 0.15) is 5.75 Å². The van der Waals surface area contributed by atoms with Crippen LogP contribution in [0.25, 0.3) is 0 Å². The second-order valence-corrected chi connectivity index (χ2v) is 8.12. The van der Waals surface area contributed by atoms with Gasteiger partial charge in [-0.05, 0) is 48.1 Å².